The number of halogens is 1. The number of carbonyl (C=O) groups is 2. The van der Waals surface area contributed by atoms with Crippen LogP contribution in [0.5, 0.6) is 0 Å². The summed E-state index contributed by atoms with van der Waals surface area (Å²) < 4.78 is 0. The molecule has 1 N–H and O–H groups in total. The number of carboxylic acid groups (broad SMARTS) is 1. The smallest absolute Gasteiger partial charge is 0.309 e. The Morgan fingerprint density at radius 3 is 2.52 bits per heavy atom. The number of aryl methyl sites for hydroxylation is 1. The number of hydrogen-bond acceptors (Lipinski definition) is 3. The Kier molecular flexibility index (Phi) is 4.52. The molecule has 0 atom stereocenters. The number of pyridine rings is 1. The van der Waals surface area contributed by atoms with Crippen molar-refractivity contribution in [1.29, 1.82) is 0 Å². The maximum absolute atomic E-state index is 12.5. The minimum atomic E-state index is -0.771. The maximum atomic E-state index is 12.5. The number of likely N-dealkylation sites (tertiary alicyclic amines) is 1. The highest BCUT2D eigenvalue weighted by Gasteiger charge is 2.41. The van der Waals surface area contributed by atoms with Gasteiger partial charge in [0.1, 0.15) is 0 Å². The minimum Gasteiger partial charge on any atom is -0.481 e. The van der Waals surface area contributed by atoms with E-state index in [0.29, 0.717) is 42.9 Å². The van der Waals surface area contributed by atoms with E-state index < -0.39 is 11.4 Å². The summed E-state index contributed by atoms with van der Waals surface area (Å²) in [6, 6.07) is 1.66. The van der Waals surface area contributed by atoms with Gasteiger partial charge in [0.05, 0.1) is 16.0 Å². The van der Waals surface area contributed by atoms with Gasteiger partial charge in [-0.2, -0.15) is 0 Å². The lowest BCUT2D eigenvalue weighted by Crippen LogP contribution is -2.46. The number of aliphatic carboxylic acids is 1. The van der Waals surface area contributed by atoms with E-state index in [4.69, 9.17) is 11.6 Å². The van der Waals surface area contributed by atoms with Gasteiger partial charge in [0.15, 0.2) is 0 Å². The topological polar surface area (TPSA) is 70.5 Å². The van der Waals surface area contributed by atoms with Gasteiger partial charge in [-0.15, -0.1) is 0 Å². The van der Waals surface area contributed by atoms with Crippen LogP contribution in [0.3, 0.4) is 0 Å². The monoisotopic (exact) mass is 310 g/mol. The lowest BCUT2D eigenvalue weighted by molar-refractivity contribution is -0.152. The van der Waals surface area contributed by atoms with Gasteiger partial charge in [0, 0.05) is 25.0 Å². The summed E-state index contributed by atoms with van der Waals surface area (Å²) in [7, 11) is 0. The molecule has 2 rings (SSSR count). The molecule has 5 nitrogen and oxygen atoms in total. The first-order valence-corrected chi connectivity index (χ1v) is 7.42. The van der Waals surface area contributed by atoms with Crippen molar-refractivity contribution < 1.29 is 14.7 Å². The number of piperidine rings is 1. The Morgan fingerprint density at radius 2 is 2.05 bits per heavy atom. The molecule has 0 unspecified atom stereocenters. The third kappa shape index (κ3) is 3.02. The van der Waals surface area contributed by atoms with Gasteiger partial charge in [-0.1, -0.05) is 18.5 Å². The van der Waals surface area contributed by atoms with E-state index in [2.05, 4.69) is 4.98 Å². The van der Waals surface area contributed by atoms with E-state index in [9.17, 15) is 14.7 Å². The van der Waals surface area contributed by atoms with Crippen molar-refractivity contribution in [2.45, 2.75) is 33.1 Å². The van der Waals surface area contributed by atoms with Crippen molar-refractivity contribution in [3.63, 3.8) is 0 Å². The van der Waals surface area contributed by atoms with Gasteiger partial charge in [0.25, 0.3) is 5.91 Å². The van der Waals surface area contributed by atoms with Gasteiger partial charge in [0.2, 0.25) is 0 Å². The highest BCUT2D eigenvalue weighted by atomic mass is 35.5. The Bertz CT molecular complexity index is 566. The van der Waals surface area contributed by atoms with Crippen LogP contribution in [0, 0.1) is 12.3 Å². The van der Waals surface area contributed by atoms with Crippen molar-refractivity contribution in [1.82, 2.24) is 9.88 Å². The third-order valence-electron chi connectivity index (χ3n) is 4.36. The molecule has 2 heterocycles. The molecule has 1 aliphatic rings. The molecular formula is C15H19ClN2O3. The summed E-state index contributed by atoms with van der Waals surface area (Å²) in [6.45, 7) is 4.56. The zero-order valence-electron chi connectivity index (χ0n) is 12.2. The molecule has 21 heavy (non-hydrogen) atoms. The van der Waals surface area contributed by atoms with Crippen molar-refractivity contribution in [2.75, 3.05) is 13.1 Å². The predicted molar refractivity (Wildman–Crippen MR) is 79.5 cm³/mol. The molecule has 0 aromatic carbocycles. The van der Waals surface area contributed by atoms with E-state index in [1.54, 1.807) is 11.0 Å². The summed E-state index contributed by atoms with van der Waals surface area (Å²) in [5.41, 5.74) is 0.430. The molecule has 1 amide bonds. The van der Waals surface area contributed by atoms with Gasteiger partial charge in [-0.3, -0.25) is 14.6 Å². The van der Waals surface area contributed by atoms with Crippen molar-refractivity contribution in [3.8, 4) is 0 Å². The first-order valence-electron chi connectivity index (χ1n) is 7.04. The van der Waals surface area contributed by atoms with Crippen molar-refractivity contribution >= 4 is 23.5 Å². The molecule has 1 aliphatic heterocycles. The van der Waals surface area contributed by atoms with Gasteiger partial charge in [-0.05, 0) is 32.3 Å². The number of carboxylic acids is 1. The first kappa shape index (κ1) is 15.8. The zero-order chi connectivity index (χ0) is 15.6. The van der Waals surface area contributed by atoms with Crippen LogP contribution < -0.4 is 0 Å². The SMILES string of the molecule is CCC1(C(=O)O)CCN(C(=O)c2cnc(C)cc2Cl)CC1. The quantitative estimate of drug-likeness (QED) is 0.932. The molecule has 6 heteroatoms. The van der Waals surface area contributed by atoms with Crippen LogP contribution in [0.15, 0.2) is 12.3 Å². The molecule has 0 saturated carbocycles. The molecule has 1 aromatic rings. The predicted octanol–water partition coefficient (Wildman–Crippen LogP) is 2.76. The van der Waals surface area contributed by atoms with Crippen LogP contribution in [0.2, 0.25) is 5.02 Å². The van der Waals surface area contributed by atoms with E-state index in [-0.39, 0.29) is 5.91 Å². The summed E-state index contributed by atoms with van der Waals surface area (Å²) >= 11 is 6.10. The lowest BCUT2D eigenvalue weighted by atomic mass is 9.76. The fraction of sp³-hybridized carbons (Fsp3) is 0.533. The summed E-state index contributed by atoms with van der Waals surface area (Å²) in [5.74, 6) is -0.949. The average Bonchev–Trinajstić information content (AvgIpc) is 2.46. The van der Waals surface area contributed by atoms with Gasteiger partial charge < -0.3 is 10.0 Å². The number of amides is 1. The molecule has 1 aromatic heterocycles. The lowest BCUT2D eigenvalue weighted by Gasteiger charge is -2.38. The molecule has 0 radical (unpaired) electrons. The second kappa shape index (κ2) is 6.02. The van der Waals surface area contributed by atoms with Crippen LogP contribution in [-0.4, -0.2) is 40.0 Å². The van der Waals surface area contributed by atoms with Gasteiger partial charge >= 0.3 is 5.97 Å². The number of rotatable bonds is 3. The second-order valence-corrected chi connectivity index (χ2v) is 5.94. The number of aromatic nitrogens is 1. The molecule has 0 bridgehead atoms. The standard InChI is InChI=1S/C15H19ClN2O3/c1-3-15(14(20)21)4-6-18(7-5-15)13(19)11-9-17-10(2)8-12(11)16/h8-9H,3-7H2,1-2H3,(H,20,21). The summed E-state index contributed by atoms with van der Waals surface area (Å²) in [5, 5.41) is 9.76. The van der Waals surface area contributed by atoms with E-state index in [1.807, 2.05) is 13.8 Å². The Hall–Kier alpha value is -1.62. The summed E-state index contributed by atoms with van der Waals surface area (Å²) in [4.78, 5) is 29.6. The number of carbonyl (C=O) groups excluding carboxylic acids is 1. The molecule has 0 aliphatic carbocycles. The Morgan fingerprint density at radius 1 is 1.43 bits per heavy atom. The van der Waals surface area contributed by atoms with Gasteiger partial charge in [-0.25, -0.2) is 0 Å². The highest BCUT2D eigenvalue weighted by Crippen LogP contribution is 2.35. The summed E-state index contributed by atoms with van der Waals surface area (Å²) in [6.07, 6.45) is 3.01. The van der Waals surface area contributed by atoms with Crippen LogP contribution in [0.25, 0.3) is 0 Å². The largest absolute Gasteiger partial charge is 0.481 e. The van der Waals surface area contributed by atoms with Crippen molar-refractivity contribution in [2.24, 2.45) is 5.41 Å². The van der Waals surface area contributed by atoms with Crippen LogP contribution in [0.4, 0.5) is 0 Å². The minimum absolute atomic E-state index is 0.178. The van der Waals surface area contributed by atoms with Crippen LogP contribution in [0.1, 0.15) is 42.2 Å². The average molecular weight is 311 g/mol. The third-order valence-corrected chi connectivity index (χ3v) is 4.67. The molecule has 1 fully saturated rings. The Balaban J connectivity index is 2.12. The fourth-order valence-electron chi connectivity index (χ4n) is 2.71. The number of nitrogens with zero attached hydrogens (tertiary/aromatic N) is 2. The maximum Gasteiger partial charge on any atom is 0.309 e. The Labute approximate surface area is 128 Å². The molecule has 0 spiro atoms. The van der Waals surface area contributed by atoms with Crippen LogP contribution >= 0.6 is 11.6 Å². The van der Waals surface area contributed by atoms with E-state index >= 15 is 0 Å². The molecule has 1 saturated heterocycles. The highest BCUT2D eigenvalue weighted by molar-refractivity contribution is 6.33. The second-order valence-electron chi connectivity index (χ2n) is 5.54. The number of hydrogen-bond donors (Lipinski definition) is 1. The van der Waals surface area contributed by atoms with E-state index in [0.717, 1.165) is 5.69 Å². The van der Waals surface area contributed by atoms with E-state index in [1.165, 1.54) is 6.20 Å². The first-order chi connectivity index (χ1) is 9.89. The zero-order valence-corrected chi connectivity index (χ0v) is 13.0. The normalized spacial score (nSPS) is 17.6. The van der Waals surface area contributed by atoms with Crippen molar-refractivity contribution in [3.05, 3.63) is 28.5 Å². The van der Waals surface area contributed by atoms with Crippen LogP contribution in [-0.2, 0) is 4.79 Å². The fourth-order valence-corrected chi connectivity index (χ4v) is 3.00. The molecular weight excluding hydrogens is 292 g/mol. The molecule has 114 valence electrons.